The van der Waals surface area contributed by atoms with Crippen LogP contribution in [-0.2, 0) is 24.6 Å². The van der Waals surface area contributed by atoms with Gasteiger partial charge in [0.15, 0.2) is 11.6 Å². The van der Waals surface area contributed by atoms with Gasteiger partial charge in [0, 0.05) is 17.4 Å². The first-order valence-electron chi connectivity index (χ1n) is 15.4. The molecule has 46 heavy (non-hydrogen) atoms. The Hall–Kier alpha value is -5.15. The van der Waals surface area contributed by atoms with Crippen molar-refractivity contribution in [3.05, 3.63) is 119 Å². The van der Waals surface area contributed by atoms with Gasteiger partial charge in [0.1, 0.15) is 12.4 Å². The van der Waals surface area contributed by atoms with Crippen molar-refractivity contribution in [1.29, 1.82) is 0 Å². The number of hydrogen-bond donors (Lipinski definition) is 2. The standard InChI is InChI=1S/C37H32N2O7/c38-36(45)39-34(43)26-16-15-25-28(31(26)35(39)44)19-29-33(42)27(21-7-3-1-4-8-21)20-30(41)37(29,23-9-5-2-6-10-23)32(25)22-11-13-24(14-12-22)46-18-17-40/h1-15,20,26,28-29,31-32,40H,16-19H2,(H2,38,45). The van der Waals surface area contributed by atoms with Gasteiger partial charge in [-0.1, -0.05) is 84.4 Å². The number of aliphatic hydroxyl groups excluding tert-OH is 1. The number of Topliss-reactive ketones (excluding diaryl/α,β-unsaturated/α-hetero) is 1. The van der Waals surface area contributed by atoms with Crippen molar-refractivity contribution in [2.24, 2.45) is 29.4 Å². The molecule has 0 radical (unpaired) electrons. The van der Waals surface area contributed by atoms with Crippen molar-refractivity contribution in [3.8, 4) is 5.75 Å². The second kappa shape index (κ2) is 11.3. The highest BCUT2D eigenvalue weighted by molar-refractivity contribution is 6.31. The number of allylic oxidation sites excluding steroid dienone is 4. The number of carbonyl (C=O) groups excluding carboxylic acids is 5. The second-order valence-corrected chi connectivity index (χ2v) is 12.3. The lowest BCUT2D eigenvalue weighted by atomic mass is 9.44. The molecule has 7 rings (SSSR count). The number of primary amides is 1. The maximum absolute atomic E-state index is 14.9. The first kappa shape index (κ1) is 29.6. The Balaban J connectivity index is 1.47. The smallest absolute Gasteiger partial charge is 0.328 e. The third kappa shape index (κ3) is 4.29. The number of ketones is 2. The molecule has 1 saturated carbocycles. The minimum Gasteiger partial charge on any atom is -0.491 e. The molecule has 2 fully saturated rings. The number of benzene rings is 3. The van der Waals surface area contributed by atoms with Gasteiger partial charge in [0.05, 0.1) is 23.9 Å². The number of amides is 4. The molecule has 1 aliphatic heterocycles. The lowest BCUT2D eigenvalue weighted by molar-refractivity contribution is -0.137. The van der Waals surface area contributed by atoms with Crippen molar-refractivity contribution in [3.63, 3.8) is 0 Å². The Kier molecular flexibility index (Phi) is 7.28. The molecule has 3 N–H and O–H groups in total. The van der Waals surface area contributed by atoms with E-state index in [1.807, 2.05) is 66.7 Å². The Morgan fingerprint density at radius 2 is 1.57 bits per heavy atom. The summed E-state index contributed by atoms with van der Waals surface area (Å²) in [5.41, 5.74) is 7.27. The number of carbonyl (C=O) groups is 5. The van der Waals surface area contributed by atoms with E-state index in [1.54, 1.807) is 24.3 Å². The number of imide groups is 3. The van der Waals surface area contributed by atoms with Crippen LogP contribution >= 0.6 is 0 Å². The van der Waals surface area contributed by atoms with E-state index in [9.17, 15) is 29.1 Å². The lowest BCUT2D eigenvalue weighted by Crippen LogP contribution is -2.58. The number of nitrogens with two attached hydrogens (primary N) is 1. The highest BCUT2D eigenvalue weighted by Crippen LogP contribution is 2.63. The third-order valence-corrected chi connectivity index (χ3v) is 10.2. The molecule has 3 aromatic rings. The monoisotopic (exact) mass is 616 g/mol. The van der Waals surface area contributed by atoms with Crippen molar-refractivity contribution >= 4 is 35.0 Å². The highest BCUT2D eigenvalue weighted by atomic mass is 16.5. The fourth-order valence-electron chi connectivity index (χ4n) is 8.39. The van der Waals surface area contributed by atoms with Crippen LogP contribution in [0.25, 0.3) is 5.57 Å². The summed E-state index contributed by atoms with van der Waals surface area (Å²) < 4.78 is 5.61. The minimum atomic E-state index is -1.35. The number of aliphatic hydroxyl groups is 1. The summed E-state index contributed by atoms with van der Waals surface area (Å²) in [7, 11) is 0. The largest absolute Gasteiger partial charge is 0.491 e. The summed E-state index contributed by atoms with van der Waals surface area (Å²) in [6.45, 7) is -0.0380. The molecule has 6 unspecified atom stereocenters. The Morgan fingerprint density at radius 3 is 2.22 bits per heavy atom. The van der Waals surface area contributed by atoms with Crippen LogP contribution in [0.4, 0.5) is 4.79 Å². The number of hydrogen-bond acceptors (Lipinski definition) is 7. The summed E-state index contributed by atoms with van der Waals surface area (Å²) in [6.07, 6.45) is 3.73. The van der Waals surface area contributed by atoms with E-state index in [2.05, 4.69) is 0 Å². The van der Waals surface area contributed by atoms with Gasteiger partial charge in [-0.3, -0.25) is 19.2 Å². The van der Waals surface area contributed by atoms with Crippen LogP contribution in [0.5, 0.6) is 5.75 Å². The average molecular weight is 617 g/mol. The van der Waals surface area contributed by atoms with E-state index < -0.39 is 52.8 Å². The van der Waals surface area contributed by atoms with E-state index in [4.69, 9.17) is 10.5 Å². The molecule has 0 spiro atoms. The van der Waals surface area contributed by atoms with Crippen molar-refractivity contribution < 1.29 is 33.8 Å². The van der Waals surface area contributed by atoms with E-state index in [1.165, 1.54) is 6.08 Å². The van der Waals surface area contributed by atoms with Crippen molar-refractivity contribution in [2.75, 3.05) is 13.2 Å². The molecule has 9 nitrogen and oxygen atoms in total. The topological polar surface area (TPSA) is 144 Å². The highest BCUT2D eigenvalue weighted by Gasteiger charge is 2.66. The van der Waals surface area contributed by atoms with Gasteiger partial charge in [-0.15, -0.1) is 0 Å². The quantitative estimate of drug-likeness (QED) is 0.315. The molecular formula is C37H32N2O7. The van der Waals surface area contributed by atoms with E-state index in [0.29, 0.717) is 27.3 Å². The average Bonchev–Trinajstić information content (AvgIpc) is 3.34. The van der Waals surface area contributed by atoms with Gasteiger partial charge in [-0.25, -0.2) is 4.79 Å². The van der Waals surface area contributed by atoms with Gasteiger partial charge in [-0.05, 0) is 53.7 Å². The number of ether oxygens (including phenoxy) is 1. The predicted molar refractivity (Wildman–Crippen MR) is 167 cm³/mol. The number of urea groups is 1. The van der Waals surface area contributed by atoms with E-state index in [-0.39, 0.29) is 37.6 Å². The van der Waals surface area contributed by atoms with Crippen molar-refractivity contribution in [1.82, 2.24) is 4.90 Å². The van der Waals surface area contributed by atoms with Crippen LogP contribution in [-0.4, -0.2) is 52.6 Å². The van der Waals surface area contributed by atoms with Gasteiger partial charge in [0.2, 0.25) is 11.8 Å². The summed E-state index contributed by atoms with van der Waals surface area (Å²) in [4.78, 5) is 69.5. The maximum atomic E-state index is 14.9. The van der Waals surface area contributed by atoms with Crippen molar-refractivity contribution in [2.45, 2.75) is 24.2 Å². The van der Waals surface area contributed by atoms with Crippen LogP contribution in [0, 0.1) is 23.7 Å². The molecule has 1 saturated heterocycles. The number of fused-ring (bicyclic) bond motifs is 4. The molecule has 0 aromatic heterocycles. The zero-order valence-corrected chi connectivity index (χ0v) is 24.9. The second-order valence-electron chi connectivity index (χ2n) is 12.3. The molecule has 3 aliphatic carbocycles. The van der Waals surface area contributed by atoms with E-state index >= 15 is 0 Å². The molecule has 3 aromatic carbocycles. The molecule has 4 amide bonds. The van der Waals surface area contributed by atoms with Crippen LogP contribution in [0.3, 0.4) is 0 Å². The first-order valence-corrected chi connectivity index (χ1v) is 15.4. The fraction of sp³-hybridized carbons (Fsp3) is 0.270. The Labute approximate surface area is 265 Å². The Bertz CT molecular complexity index is 1820. The van der Waals surface area contributed by atoms with Gasteiger partial charge >= 0.3 is 6.03 Å². The van der Waals surface area contributed by atoms with Crippen LogP contribution in [0.2, 0.25) is 0 Å². The minimum absolute atomic E-state index is 0.113. The predicted octanol–water partition coefficient (Wildman–Crippen LogP) is 3.96. The summed E-state index contributed by atoms with van der Waals surface area (Å²) >= 11 is 0. The molecule has 9 heteroatoms. The van der Waals surface area contributed by atoms with Crippen LogP contribution in [0.1, 0.15) is 35.4 Å². The van der Waals surface area contributed by atoms with Crippen LogP contribution < -0.4 is 10.5 Å². The van der Waals surface area contributed by atoms with Gasteiger partial charge in [-0.2, -0.15) is 4.90 Å². The van der Waals surface area contributed by atoms with Gasteiger partial charge < -0.3 is 15.6 Å². The number of nitrogens with zero attached hydrogens (tertiary/aromatic N) is 1. The fourth-order valence-corrected chi connectivity index (χ4v) is 8.39. The summed E-state index contributed by atoms with van der Waals surface area (Å²) in [5.74, 6) is -5.03. The molecular weight excluding hydrogens is 584 g/mol. The lowest BCUT2D eigenvalue weighted by Gasteiger charge is -2.55. The maximum Gasteiger partial charge on any atom is 0.328 e. The first-order chi connectivity index (χ1) is 22.3. The zero-order valence-electron chi connectivity index (χ0n) is 24.9. The summed E-state index contributed by atoms with van der Waals surface area (Å²) in [5, 5.41) is 9.24. The van der Waals surface area contributed by atoms with Gasteiger partial charge in [0.25, 0.3) is 0 Å². The third-order valence-electron chi connectivity index (χ3n) is 10.2. The number of rotatable bonds is 6. The SMILES string of the molecule is NC(=O)N1C(=O)C2CC=C3C(CC4C(=O)C(c5ccccc5)=CC(=O)C4(c4ccccc4)C3c3ccc(OCCO)cc3)C2C1=O. The molecule has 4 aliphatic rings. The molecule has 232 valence electrons. The molecule has 0 bridgehead atoms. The number of likely N-dealkylation sites (tertiary alicyclic amines) is 1. The molecule has 1 heterocycles. The summed E-state index contributed by atoms with van der Waals surface area (Å²) in [6, 6.07) is 24.4. The van der Waals surface area contributed by atoms with Crippen LogP contribution in [0.15, 0.2) is 103 Å². The van der Waals surface area contributed by atoms with E-state index in [0.717, 1.165) is 11.1 Å². The molecule has 6 atom stereocenters. The normalized spacial score (nSPS) is 28.5. The zero-order chi connectivity index (χ0) is 32.2. The Morgan fingerprint density at radius 1 is 0.891 bits per heavy atom.